The van der Waals surface area contributed by atoms with Crippen molar-refractivity contribution in [1.29, 1.82) is 0 Å². The molecule has 0 saturated heterocycles. The standard InChI is InChI=1S/C17H16N4O6/c1-4-27-12(22)8-21-15(23)13-14(19-17(21)25)20(2)11-6-5-9(16(24)26-3)7-10(11)18-13/h5-7H,4,8H2,1-3H3. The van der Waals surface area contributed by atoms with E-state index in [4.69, 9.17) is 4.74 Å². The van der Waals surface area contributed by atoms with Gasteiger partial charge in [0.25, 0.3) is 5.56 Å². The number of esters is 2. The Labute approximate surface area is 152 Å². The van der Waals surface area contributed by atoms with Crippen LogP contribution in [0.1, 0.15) is 17.3 Å². The van der Waals surface area contributed by atoms with E-state index in [2.05, 4.69) is 14.7 Å². The lowest BCUT2D eigenvalue weighted by molar-refractivity contribution is -0.143. The first-order chi connectivity index (χ1) is 12.9. The maximum atomic E-state index is 12.7. The number of hydrogen-bond donors (Lipinski definition) is 0. The molecule has 0 aromatic heterocycles. The number of aromatic nitrogens is 4. The van der Waals surface area contributed by atoms with Crippen LogP contribution in [0.4, 0.5) is 0 Å². The molecule has 1 aromatic carbocycles. The van der Waals surface area contributed by atoms with Gasteiger partial charge in [-0.1, -0.05) is 0 Å². The van der Waals surface area contributed by atoms with Gasteiger partial charge in [-0.2, -0.15) is 4.98 Å². The van der Waals surface area contributed by atoms with Crippen LogP contribution < -0.4 is 11.2 Å². The Hall–Kier alpha value is -3.56. The molecule has 10 nitrogen and oxygen atoms in total. The van der Waals surface area contributed by atoms with Crippen molar-refractivity contribution in [1.82, 2.24) is 19.1 Å². The average Bonchev–Trinajstić information content (AvgIpc) is 2.65. The Morgan fingerprint density at radius 1 is 1.19 bits per heavy atom. The number of benzene rings is 1. The number of carbonyl (C=O) groups excluding carboxylic acids is 2. The number of hydrogen-bond acceptors (Lipinski definition) is 8. The van der Waals surface area contributed by atoms with Crippen LogP contribution in [-0.2, 0) is 27.9 Å². The summed E-state index contributed by atoms with van der Waals surface area (Å²) in [4.78, 5) is 56.4. The number of nitrogens with zero attached hydrogens (tertiary/aromatic N) is 4. The Kier molecular flexibility index (Phi) is 4.72. The fourth-order valence-electron chi connectivity index (χ4n) is 2.70. The molecule has 0 atom stereocenters. The van der Waals surface area contributed by atoms with Gasteiger partial charge in [0.15, 0.2) is 11.5 Å². The maximum Gasteiger partial charge on any atom is 0.353 e. The molecule has 0 N–H and O–H groups in total. The minimum Gasteiger partial charge on any atom is -0.465 e. The normalized spacial score (nSPS) is 10.9. The molecule has 2 heterocycles. The van der Waals surface area contributed by atoms with Gasteiger partial charge in [-0.15, -0.1) is 0 Å². The van der Waals surface area contributed by atoms with Gasteiger partial charge in [0.2, 0.25) is 0 Å². The van der Waals surface area contributed by atoms with E-state index in [1.807, 2.05) is 0 Å². The van der Waals surface area contributed by atoms with Gasteiger partial charge < -0.3 is 14.0 Å². The molecule has 1 aromatic rings. The molecule has 0 bridgehead atoms. The first-order valence-electron chi connectivity index (χ1n) is 8.02. The minimum atomic E-state index is -0.872. The molecule has 2 aliphatic rings. The molecule has 140 valence electrons. The Morgan fingerprint density at radius 3 is 2.59 bits per heavy atom. The molecule has 0 amide bonds. The van der Waals surface area contributed by atoms with Crippen LogP contribution in [0.3, 0.4) is 0 Å². The number of aryl methyl sites for hydroxylation is 1. The quantitative estimate of drug-likeness (QED) is 0.461. The molecule has 0 saturated carbocycles. The zero-order valence-corrected chi connectivity index (χ0v) is 14.9. The predicted octanol–water partition coefficient (Wildman–Crippen LogP) is -0.0553. The van der Waals surface area contributed by atoms with Gasteiger partial charge in [0, 0.05) is 7.05 Å². The van der Waals surface area contributed by atoms with Crippen molar-refractivity contribution >= 4 is 23.0 Å². The third-order valence-electron chi connectivity index (χ3n) is 3.99. The highest BCUT2D eigenvalue weighted by molar-refractivity contribution is 5.94. The topological polar surface area (TPSA) is 122 Å². The summed E-state index contributed by atoms with van der Waals surface area (Å²) in [6.45, 7) is 1.18. The van der Waals surface area contributed by atoms with Crippen LogP contribution >= 0.6 is 0 Å². The van der Waals surface area contributed by atoms with Crippen LogP contribution in [0.25, 0.3) is 22.6 Å². The number of fused-ring (bicyclic) bond motifs is 2. The number of rotatable bonds is 4. The number of methoxy groups -OCH3 is 1. The summed E-state index contributed by atoms with van der Waals surface area (Å²) in [5.41, 5.74) is -0.576. The van der Waals surface area contributed by atoms with Crippen molar-refractivity contribution in [3.8, 4) is 11.5 Å². The van der Waals surface area contributed by atoms with Crippen LogP contribution in [0.5, 0.6) is 0 Å². The molecular weight excluding hydrogens is 356 g/mol. The van der Waals surface area contributed by atoms with Crippen molar-refractivity contribution in [2.24, 2.45) is 7.05 Å². The number of carbonyl (C=O) groups is 2. The Balaban J connectivity index is 2.27. The van der Waals surface area contributed by atoms with Crippen LogP contribution in [0.15, 0.2) is 27.8 Å². The summed E-state index contributed by atoms with van der Waals surface area (Å²) in [6.07, 6.45) is 0. The molecule has 27 heavy (non-hydrogen) atoms. The molecule has 2 aliphatic heterocycles. The highest BCUT2D eigenvalue weighted by atomic mass is 16.5. The number of ether oxygens (including phenoxy) is 2. The van der Waals surface area contributed by atoms with Gasteiger partial charge in [0.1, 0.15) is 6.54 Å². The van der Waals surface area contributed by atoms with Gasteiger partial charge in [-0.05, 0) is 25.1 Å². The highest BCUT2D eigenvalue weighted by Gasteiger charge is 2.22. The third-order valence-corrected chi connectivity index (χ3v) is 3.99. The zero-order chi connectivity index (χ0) is 19.7. The van der Waals surface area contributed by atoms with E-state index in [0.29, 0.717) is 15.6 Å². The van der Waals surface area contributed by atoms with Gasteiger partial charge in [-0.25, -0.2) is 19.1 Å². The summed E-state index contributed by atoms with van der Waals surface area (Å²) in [5.74, 6) is -1.20. The predicted molar refractivity (Wildman–Crippen MR) is 93.6 cm³/mol. The van der Waals surface area contributed by atoms with Gasteiger partial charge >= 0.3 is 17.6 Å². The lowest BCUT2D eigenvalue weighted by Gasteiger charge is -2.14. The molecule has 0 spiro atoms. The van der Waals surface area contributed by atoms with E-state index < -0.39 is 29.7 Å². The van der Waals surface area contributed by atoms with Gasteiger partial charge in [-0.3, -0.25) is 9.59 Å². The molecule has 0 radical (unpaired) electrons. The van der Waals surface area contributed by atoms with Crippen molar-refractivity contribution in [2.75, 3.05) is 13.7 Å². The first kappa shape index (κ1) is 18.2. The largest absolute Gasteiger partial charge is 0.465 e. The highest BCUT2D eigenvalue weighted by Crippen LogP contribution is 2.20. The fraction of sp³-hybridized carbons (Fsp3) is 0.294. The molecule has 0 unspecified atom stereocenters. The van der Waals surface area contributed by atoms with E-state index in [0.717, 1.165) is 0 Å². The maximum absolute atomic E-state index is 12.7. The minimum absolute atomic E-state index is 0.0726. The monoisotopic (exact) mass is 372 g/mol. The average molecular weight is 372 g/mol. The SMILES string of the molecule is CCOC(=O)Cn1c(=O)nc2n(C)c3ccc(C(=O)OC)cc3nc-2c1=O. The zero-order valence-electron chi connectivity index (χ0n) is 14.9. The van der Waals surface area contributed by atoms with Crippen LogP contribution in [0.2, 0.25) is 0 Å². The van der Waals surface area contributed by atoms with Gasteiger partial charge in [0.05, 0.1) is 30.3 Å². The summed E-state index contributed by atoms with van der Waals surface area (Å²) in [7, 11) is 2.87. The Morgan fingerprint density at radius 2 is 1.93 bits per heavy atom. The summed E-state index contributed by atoms with van der Waals surface area (Å²) >= 11 is 0. The van der Waals surface area contributed by atoms with E-state index in [9.17, 15) is 19.2 Å². The van der Waals surface area contributed by atoms with Crippen LogP contribution in [0, 0.1) is 0 Å². The molecule has 0 aliphatic carbocycles. The van der Waals surface area contributed by atoms with Crippen LogP contribution in [-0.4, -0.2) is 44.8 Å². The van der Waals surface area contributed by atoms with Crippen molar-refractivity contribution < 1.29 is 19.1 Å². The smallest absolute Gasteiger partial charge is 0.353 e. The lowest BCUT2D eigenvalue weighted by Crippen LogP contribution is -2.40. The summed E-state index contributed by atoms with van der Waals surface area (Å²) in [6, 6.07) is 4.63. The molecule has 10 heteroatoms. The van der Waals surface area contributed by atoms with Crippen molar-refractivity contribution in [3.05, 3.63) is 44.6 Å². The summed E-state index contributed by atoms with van der Waals surface area (Å²) in [5, 5.41) is 0. The third kappa shape index (κ3) is 3.16. The van der Waals surface area contributed by atoms with Crippen molar-refractivity contribution in [2.45, 2.75) is 13.5 Å². The molecule has 3 rings (SSSR count). The first-order valence-corrected chi connectivity index (χ1v) is 8.02. The van der Waals surface area contributed by atoms with E-state index in [-0.39, 0.29) is 23.7 Å². The van der Waals surface area contributed by atoms with Crippen molar-refractivity contribution in [3.63, 3.8) is 0 Å². The second-order valence-corrected chi connectivity index (χ2v) is 5.63. The molecular formula is C17H16N4O6. The lowest BCUT2D eigenvalue weighted by atomic mass is 10.2. The second kappa shape index (κ2) is 6.98. The summed E-state index contributed by atoms with van der Waals surface area (Å²) < 4.78 is 11.7. The fourth-order valence-corrected chi connectivity index (χ4v) is 2.70. The molecule has 0 fully saturated rings. The Bertz CT molecular complexity index is 1150. The van der Waals surface area contributed by atoms with E-state index in [1.165, 1.54) is 17.7 Å². The van der Waals surface area contributed by atoms with E-state index in [1.54, 1.807) is 26.1 Å². The van der Waals surface area contributed by atoms with E-state index >= 15 is 0 Å². The second-order valence-electron chi connectivity index (χ2n) is 5.63.